The molecule has 0 aromatic carbocycles. The van der Waals surface area contributed by atoms with Crippen LogP contribution in [0.25, 0.3) is 0 Å². The molecule has 0 atom stereocenters. The second-order valence-electron chi connectivity index (χ2n) is 5.74. The van der Waals surface area contributed by atoms with Crippen molar-refractivity contribution in [3.63, 3.8) is 0 Å². The van der Waals surface area contributed by atoms with E-state index in [4.69, 9.17) is 4.74 Å². The minimum absolute atomic E-state index is 0.247. The number of hydrogen-bond acceptors (Lipinski definition) is 4. The van der Waals surface area contributed by atoms with Crippen LogP contribution in [0.3, 0.4) is 0 Å². The summed E-state index contributed by atoms with van der Waals surface area (Å²) in [5.41, 5.74) is -0.0689. The van der Waals surface area contributed by atoms with E-state index in [0.29, 0.717) is 0 Å². The maximum absolute atomic E-state index is 11.0. The molecule has 2 saturated heterocycles. The molecule has 0 saturated carbocycles. The lowest BCUT2D eigenvalue weighted by Gasteiger charge is -2.51. The van der Waals surface area contributed by atoms with Crippen LogP contribution in [0.2, 0.25) is 0 Å². The van der Waals surface area contributed by atoms with Gasteiger partial charge >= 0.3 is 0 Å². The van der Waals surface area contributed by atoms with Gasteiger partial charge in [0.15, 0.2) is 0 Å². The average molecular weight is 226 g/mol. The first kappa shape index (κ1) is 12.0. The van der Waals surface area contributed by atoms with Crippen molar-refractivity contribution in [1.82, 2.24) is 9.80 Å². The fourth-order valence-electron chi connectivity index (χ4n) is 2.48. The summed E-state index contributed by atoms with van der Waals surface area (Å²) in [6.45, 7) is 12.0. The normalized spacial score (nSPS) is 27.4. The predicted molar refractivity (Wildman–Crippen MR) is 62.5 cm³/mol. The molecule has 0 spiro atoms. The van der Waals surface area contributed by atoms with Crippen LogP contribution in [-0.2, 0) is 9.53 Å². The Labute approximate surface area is 97.5 Å². The van der Waals surface area contributed by atoms with Gasteiger partial charge in [0.25, 0.3) is 0 Å². The first-order valence-corrected chi connectivity index (χ1v) is 6.02. The van der Waals surface area contributed by atoms with E-state index >= 15 is 0 Å². The molecule has 2 fully saturated rings. The monoisotopic (exact) mass is 226 g/mol. The molecule has 4 nitrogen and oxygen atoms in total. The third kappa shape index (κ3) is 2.01. The van der Waals surface area contributed by atoms with Crippen LogP contribution in [0.1, 0.15) is 20.8 Å². The highest BCUT2D eigenvalue weighted by Gasteiger charge is 2.41. The summed E-state index contributed by atoms with van der Waals surface area (Å²) in [6, 6.07) is 0. The van der Waals surface area contributed by atoms with Crippen LogP contribution in [0.4, 0.5) is 0 Å². The Balaban J connectivity index is 1.89. The van der Waals surface area contributed by atoms with Gasteiger partial charge in [-0.3, -0.25) is 9.80 Å². The summed E-state index contributed by atoms with van der Waals surface area (Å²) >= 11 is 0. The number of carbonyl (C=O) groups is 1. The number of aldehydes is 1. The van der Waals surface area contributed by atoms with E-state index in [-0.39, 0.29) is 11.1 Å². The van der Waals surface area contributed by atoms with Crippen molar-refractivity contribution in [3.05, 3.63) is 0 Å². The average Bonchev–Trinajstić information content (AvgIpc) is 2.26. The van der Waals surface area contributed by atoms with Gasteiger partial charge < -0.3 is 9.53 Å². The molecule has 0 radical (unpaired) electrons. The van der Waals surface area contributed by atoms with Gasteiger partial charge in [-0.15, -0.1) is 0 Å². The van der Waals surface area contributed by atoms with Crippen LogP contribution in [0.5, 0.6) is 0 Å². The molecule has 92 valence electrons. The van der Waals surface area contributed by atoms with Crippen LogP contribution < -0.4 is 0 Å². The molecule has 2 aliphatic heterocycles. The third-order valence-corrected chi connectivity index (χ3v) is 3.97. The summed E-state index contributed by atoms with van der Waals surface area (Å²) in [5, 5.41) is 0. The van der Waals surface area contributed by atoms with Crippen molar-refractivity contribution in [2.45, 2.75) is 31.8 Å². The highest BCUT2D eigenvalue weighted by molar-refractivity contribution is 5.62. The van der Waals surface area contributed by atoms with E-state index in [1.807, 2.05) is 13.8 Å². The molecule has 2 heterocycles. The van der Waals surface area contributed by atoms with Crippen molar-refractivity contribution in [3.8, 4) is 0 Å². The highest BCUT2D eigenvalue weighted by atomic mass is 16.5. The first-order valence-electron chi connectivity index (χ1n) is 6.02. The van der Waals surface area contributed by atoms with Crippen LogP contribution >= 0.6 is 0 Å². The zero-order valence-corrected chi connectivity index (χ0v) is 10.5. The van der Waals surface area contributed by atoms with Gasteiger partial charge in [0.2, 0.25) is 0 Å². The van der Waals surface area contributed by atoms with Gasteiger partial charge in [0.1, 0.15) is 6.29 Å². The third-order valence-electron chi connectivity index (χ3n) is 3.97. The standard InChI is InChI=1S/C12H22N2O2/c1-11(2,8-15)13-4-6-14(7-5-13)12(3)9-16-10-12/h8H,4-7,9-10H2,1-3H3. The second kappa shape index (κ2) is 4.09. The van der Waals surface area contributed by atoms with Gasteiger partial charge in [-0.05, 0) is 20.8 Å². The molecule has 16 heavy (non-hydrogen) atoms. The number of rotatable bonds is 3. The quantitative estimate of drug-likeness (QED) is 0.651. The van der Waals surface area contributed by atoms with Crippen molar-refractivity contribution in [1.29, 1.82) is 0 Å². The molecule has 4 heteroatoms. The molecule has 0 bridgehead atoms. The molecule has 0 aromatic rings. The summed E-state index contributed by atoms with van der Waals surface area (Å²) in [5.74, 6) is 0. The summed E-state index contributed by atoms with van der Waals surface area (Å²) in [4.78, 5) is 15.8. The van der Waals surface area contributed by atoms with E-state index in [1.165, 1.54) is 0 Å². The van der Waals surface area contributed by atoms with E-state index in [0.717, 1.165) is 45.7 Å². The van der Waals surface area contributed by atoms with E-state index in [2.05, 4.69) is 16.7 Å². The van der Waals surface area contributed by atoms with Crippen LogP contribution in [0, 0.1) is 0 Å². The summed E-state index contributed by atoms with van der Waals surface area (Å²) in [7, 11) is 0. The fraction of sp³-hybridized carbons (Fsp3) is 0.917. The van der Waals surface area contributed by atoms with Gasteiger partial charge in [-0.2, -0.15) is 0 Å². The largest absolute Gasteiger partial charge is 0.377 e. The van der Waals surface area contributed by atoms with Crippen molar-refractivity contribution >= 4 is 6.29 Å². The Morgan fingerprint density at radius 3 is 2.12 bits per heavy atom. The Kier molecular flexibility index (Phi) is 3.07. The topological polar surface area (TPSA) is 32.8 Å². The van der Waals surface area contributed by atoms with Gasteiger partial charge in [0.05, 0.1) is 24.3 Å². The van der Waals surface area contributed by atoms with E-state index in [9.17, 15) is 4.79 Å². The second-order valence-corrected chi connectivity index (χ2v) is 5.74. The zero-order chi connectivity index (χ0) is 11.8. The molecule has 2 rings (SSSR count). The Morgan fingerprint density at radius 2 is 1.75 bits per heavy atom. The Bertz CT molecular complexity index is 266. The van der Waals surface area contributed by atoms with Crippen molar-refractivity contribution in [2.24, 2.45) is 0 Å². The van der Waals surface area contributed by atoms with Crippen LogP contribution in [-0.4, -0.2) is 66.6 Å². The van der Waals surface area contributed by atoms with Gasteiger partial charge in [-0.1, -0.05) is 0 Å². The summed E-state index contributed by atoms with van der Waals surface area (Å²) < 4.78 is 5.29. The predicted octanol–water partition coefficient (Wildman–Crippen LogP) is 0.370. The molecule has 0 amide bonds. The van der Waals surface area contributed by atoms with Gasteiger partial charge in [0, 0.05) is 26.2 Å². The number of ether oxygens (including phenoxy) is 1. The number of carbonyl (C=O) groups excluding carboxylic acids is 1. The van der Waals surface area contributed by atoms with Gasteiger partial charge in [-0.25, -0.2) is 0 Å². The summed E-state index contributed by atoms with van der Waals surface area (Å²) in [6.07, 6.45) is 1.05. The zero-order valence-electron chi connectivity index (χ0n) is 10.5. The number of piperazine rings is 1. The molecular formula is C12H22N2O2. The van der Waals surface area contributed by atoms with Crippen molar-refractivity contribution < 1.29 is 9.53 Å². The highest BCUT2D eigenvalue weighted by Crippen LogP contribution is 2.26. The Hall–Kier alpha value is -0.450. The maximum Gasteiger partial charge on any atom is 0.139 e. The molecule has 0 N–H and O–H groups in total. The first-order chi connectivity index (χ1) is 7.48. The molecule has 2 aliphatic rings. The smallest absolute Gasteiger partial charge is 0.139 e. The molecular weight excluding hydrogens is 204 g/mol. The van der Waals surface area contributed by atoms with Crippen LogP contribution in [0.15, 0.2) is 0 Å². The van der Waals surface area contributed by atoms with E-state index < -0.39 is 0 Å². The lowest BCUT2D eigenvalue weighted by atomic mass is 9.95. The molecule has 0 unspecified atom stereocenters. The number of nitrogens with zero attached hydrogens (tertiary/aromatic N) is 2. The lowest BCUT2D eigenvalue weighted by Crippen LogP contribution is -2.66. The lowest BCUT2D eigenvalue weighted by molar-refractivity contribution is -0.146. The molecule has 0 aliphatic carbocycles. The number of hydrogen-bond donors (Lipinski definition) is 0. The fourth-order valence-corrected chi connectivity index (χ4v) is 2.48. The van der Waals surface area contributed by atoms with Crippen molar-refractivity contribution in [2.75, 3.05) is 39.4 Å². The molecule has 0 aromatic heterocycles. The minimum Gasteiger partial charge on any atom is -0.377 e. The SMILES string of the molecule is CC(C)(C=O)N1CCN(C2(C)COC2)CC1. The maximum atomic E-state index is 11.0. The van der Waals surface area contributed by atoms with E-state index in [1.54, 1.807) is 0 Å². The Morgan fingerprint density at radius 1 is 1.19 bits per heavy atom. The minimum atomic E-state index is -0.316.